The van der Waals surface area contributed by atoms with Gasteiger partial charge in [0.2, 0.25) is 5.95 Å². The first-order valence-electron chi connectivity index (χ1n) is 12.0. The molecule has 5 nitrogen and oxygen atoms in total. The Morgan fingerprint density at radius 2 is 1.71 bits per heavy atom. The molecule has 0 unspecified atom stereocenters. The van der Waals surface area contributed by atoms with Crippen LogP contribution in [0.25, 0.3) is 21.2 Å². The highest BCUT2D eigenvalue weighted by Gasteiger charge is 2.34. The number of halogens is 4. The second-order valence-corrected chi connectivity index (χ2v) is 11.2. The van der Waals surface area contributed by atoms with Crippen LogP contribution in [-0.4, -0.2) is 37.6 Å². The van der Waals surface area contributed by atoms with Gasteiger partial charge in [-0.3, -0.25) is 0 Å². The quantitative estimate of drug-likeness (QED) is 0.190. The fourth-order valence-corrected chi connectivity index (χ4v) is 5.46. The van der Waals surface area contributed by atoms with Gasteiger partial charge >= 0.3 is 12.3 Å². The molecular weight excluding hydrogens is 518 g/mol. The molecule has 2 aromatic heterocycles. The van der Waals surface area contributed by atoms with Gasteiger partial charge in [0.05, 0.1) is 15.4 Å². The number of carbonyl (C=O) groups is 1. The summed E-state index contributed by atoms with van der Waals surface area (Å²) < 4.78 is 52.5. The van der Waals surface area contributed by atoms with Gasteiger partial charge in [-0.05, 0) is 68.3 Å². The number of nitrogens with zero attached hydrogens (tertiary/aromatic N) is 3. The number of benzene rings is 2. The van der Waals surface area contributed by atoms with Gasteiger partial charge in [-0.2, -0.15) is 17.6 Å². The molecule has 10 heteroatoms. The molecular formula is C28H27F4N3O2S. The average Bonchev–Trinajstić information content (AvgIpc) is 3.30. The van der Waals surface area contributed by atoms with Crippen molar-refractivity contribution in [2.45, 2.75) is 57.8 Å². The van der Waals surface area contributed by atoms with E-state index in [4.69, 9.17) is 0 Å². The van der Waals surface area contributed by atoms with Gasteiger partial charge in [0, 0.05) is 41.8 Å². The van der Waals surface area contributed by atoms with Gasteiger partial charge in [0.1, 0.15) is 0 Å². The molecule has 1 atom stereocenters. The van der Waals surface area contributed by atoms with Crippen LogP contribution in [0.4, 0.5) is 22.4 Å². The summed E-state index contributed by atoms with van der Waals surface area (Å²) in [4.78, 5) is 22.7. The third-order valence-corrected chi connectivity index (χ3v) is 7.37. The summed E-state index contributed by atoms with van der Waals surface area (Å²) in [5.41, 5.74) is 0.0454. The Bertz CT molecular complexity index is 1430. The summed E-state index contributed by atoms with van der Waals surface area (Å²) in [5.74, 6) is -0.555. The third kappa shape index (κ3) is 6.48. The van der Waals surface area contributed by atoms with E-state index in [9.17, 15) is 27.5 Å². The van der Waals surface area contributed by atoms with Crippen LogP contribution in [0.1, 0.15) is 43.3 Å². The minimum atomic E-state index is -4.44. The minimum Gasteiger partial charge on any atom is -0.465 e. The number of thiazole rings is 1. The number of hydrogen-bond donors (Lipinski definition) is 1. The summed E-state index contributed by atoms with van der Waals surface area (Å²) in [7, 11) is 0. The molecule has 0 saturated heterocycles. The van der Waals surface area contributed by atoms with E-state index < -0.39 is 35.4 Å². The molecule has 0 fully saturated rings. The normalized spacial score (nSPS) is 13.0. The van der Waals surface area contributed by atoms with Gasteiger partial charge in [0.15, 0.2) is 0 Å². The summed E-state index contributed by atoms with van der Waals surface area (Å²) in [6.45, 7) is 5.38. The molecule has 1 amide bonds. The van der Waals surface area contributed by atoms with Gasteiger partial charge in [-0.15, -0.1) is 11.3 Å². The van der Waals surface area contributed by atoms with Crippen LogP contribution >= 0.6 is 11.3 Å². The van der Waals surface area contributed by atoms with Crippen molar-refractivity contribution in [3.8, 4) is 10.4 Å². The highest BCUT2D eigenvalue weighted by Crippen LogP contribution is 2.32. The third-order valence-electron chi connectivity index (χ3n) is 6.26. The van der Waals surface area contributed by atoms with E-state index in [1.54, 1.807) is 27.0 Å². The number of amides is 1. The lowest BCUT2D eigenvalue weighted by molar-refractivity contribution is -0.137. The largest absolute Gasteiger partial charge is 0.465 e. The first kappa shape index (κ1) is 27.5. The summed E-state index contributed by atoms with van der Waals surface area (Å²) in [6, 6.07) is 11.4. The predicted molar refractivity (Wildman–Crippen MR) is 140 cm³/mol. The van der Waals surface area contributed by atoms with E-state index in [2.05, 4.69) is 9.97 Å². The molecule has 0 aliphatic carbocycles. The maximum absolute atomic E-state index is 13.6. The van der Waals surface area contributed by atoms with Crippen LogP contribution in [0, 0.1) is 5.95 Å². The standard InChI is InChI=1S/C28H27F4N3O2S/c1-27(2,3)35(26(36)37)22(12-17-4-8-21(9-5-17)28(30,31)32)10-11-25-34-16-23(38-25)18-6-7-19-15-33-24(29)14-20(19)13-18/h4-9,13-16,22H,10-12H2,1-3H3,(H,36,37)/t22-/m1/s1. The Kier molecular flexibility index (Phi) is 7.73. The zero-order valence-electron chi connectivity index (χ0n) is 21.1. The molecule has 0 bridgehead atoms. The first-order valence-corrected chi connectivity index (χ1v) is 12.8. The van der Waals surface area contributed by atoms with Crippen molar-refractivity contribution in [3.05, 3.63) is 83.0 Å². The van der Waals surface area contributed by atoms with E-state index in [0.29, 0.717) is 18.4 Å². The van der Waals surface area contributed by atoms with Gasteiger partial charge in [-0.1, -0.05) is 24.3 Å². The molecule has 0 radical (unpaired) electrons. The molecule has 0 aliphatic rings. The number of carboxylic acid groups (broad SMARTS) is 1. The van der Waals surface area contributed by atoms with E-state index in [0.717, 1.165) is 38.4 Å². The molecule has 2 aromatic carbocycles. The van der Waals surface area contributed by atoms with Crippen molar-refractivity contribution >= 4 is 28.2 Å². The topological polar surface area (TPSA) is 66.3 Å². The molecule has 200 valence electrons. The Morgan fingerprint density at radius 3 is 2.34 bits per heavy atom. The monoisotopic (exact) mass is 545 g/mol. The van der Waals surface area contributed by atoms with E-state index in [1.807, 2.05) is 18.2 Å². The van der Waals surface area contributed by atoms with Crippen LogP contribution in [0.3, 0.4) is 0 Å². The molecule has 38 heavy (non-hydrogen) atoms. The van der Waals surface area contributed by atoms with E-state index in [1.165, 1.54) is 40.6 Å². The van der Waals surface area contributed by atoms with Gasteiger partial charge in [0.25, 0.3) is 0 Å². The Labute approximate surface area is 221 Å². The van der Waals surface area contributed by atoms with Crippen molar-refractivity contribution < 1.29 is 27.5 Å². The lowest BCUT2D eigenvalue weighted by Gasteiger charge is -2.40. The number of fused-ring (bicyclic) bond motifs is 1. The molecule has 1 N–H and O–H groups in total. The number of alkyl halides is 3. The Balaban J connectivity index is 1.55. The van der Waals surface area contributed by atoms with Crippen molar-refractivity contribution in [2.75, 3.05) is 0 Å². The first-order chi connectivity index (χ1) is 17.8. The lowest BCUT2D eigenvalue weighted by atomic mass is 9.95. The average molecular weight is 546 g/mol. The van der Waals surface area contributed by atoms with Crippen molar-refractivity contribution in [1.82, 2.24) is 14.9 Å². The smallest absolute Gasteiger partial charge is 0.416 e. The van der Waals surface area contributed by atoms with Crippen LogP contribution in [-0.2, 0) is 19.0 Å². The minimum absolute atomic E-state index is 0.268. The maximum atomic E-state index is 13.6. The van der Waals surface area contributed by atoms with Crippen LogP contribution in [0.15, 0.2) is 60.9 Å². The fourth-order valence-electron chi connectivity index (χ4n) is 4.53. The fraction of sp³-hybridized carbons (Fsp3) is 0.321. The Hall–Kier alpha value is -3.53. The zero-order valence-corrected chi connectivity index (χ0v) is 21.9. The number of hydrogen-bond acceptors (Lipinski definition) is 4. The SMILES string of the molecule is CC(C)(C)N(C(=O)O)[C@H](CCc1ncc(-c2ccc3cnc(F)cc3c2)s1)Cc1ccc(C(F)(F)F)cc1. The molecule has 4 rings (SSSR count). The highest BCUT2D eigenvalue weighted by molar-refractivity contribution is 7.15. The number of aromatic nitrogens is 2. The summed E-state index contributed by atoms with van der Waals surface area (Å²) in [5, 5.41) is 12.3. The van der Waals surface area contributed by atoms with Gasteiger partial charge < -0.3 is 10.0 Å². The number of pyridine rings is 1. The second-order valence-electron chi connectivity index (χ2n) is 10.1. The molecule has 0 aliphatic heterocycles. The number of aryl methyl sites for hydroxylation is 1. The number of rotatable bonds is 7. The van der Waals surface area contributed by atoms with E-state index in [-0.39, 0.29) is 6.42 Å². The molecule has 0 spiro atoms. The summed E-state index contributed by atoms with van der Waals surface area (Å²) in [6.07, 6.45) is -1.12. The van der Waals surface area contributed by atoms with Crippen molar-refractivity contribution in [1.29, 1.82) is 0 Å². The Morgan fingerprint density at radius 1 is 1.00 bits per heavy atom. The zero-order chi connectivity index (χ0) is 27.7. The molecule has 4 aromatic rings. The second kappa shape index (κ2) is 10.7. The molecule has 0 saturated carbocycles. The predicted octanol–water partition coefficient (Wildman–Crippen LogP) is 7.84. The lowest BCUT2D eigenvalue weighted by Crippen LogP contribution is -2.52. The van der Waals surface area contributed by atoms with Crippen molar-refractivity contribution in [3.63, 3.8) is 0 Å². The van der Waals surface area contributed by atoms with E-state index >= 15 is 0 Å². The highest BCUT2D eigenvalue weighted by atomic mass is 32.1. The van der Waals surface area contributed by atoms with Gasteiger partial charge in [-0.25, -0.2) is 14.8 Å². The van der Waals surface area contributed by atoms with Crippen LogP contribution in [0.5, 0.6) is 0 Å². The summed E-state index contributed by atoms with van der Waals surface area (Å²) >= 11 is 1.47. The van der Waals surface area contributed by atoms with Crippen LogP contribution in [0.2, 0.25) is 0 Å². The van der Waals surface area contributed by atoms with Crippen molar-refractivity contribution in [2.24, 2.45) is 0 Å². The van der Waals surface area contributed by atoms with Crippen LogP contribution < -0.4 is 0 Å². The maximum Gasteiger partial charge on any atom is 0.416 e. The molecule has 2 heterocycles.